The molecule has 1 saturated heterocycles. The molecule has 6 nitrogen and oxygen atoms in total. The van der Waals surface area contributed by atoms with Gasteiger partial charge in [0.1, 0.15) is 4.90 Å². The van der Waals surface area contributed by atoms with Crippen LogP contribution < -0.4 is 5.32 Å². The standard InChI is InChI=1S/C12H20N4O2S/c1-3-5-13-12-14-7-11(8-15-12)19(17,18)16-6-4-10(2)9-16/h7-8,10H,3-6,9H2,1-2H3,(H,13,14,15). The summed E-state index contributed by atoms with van der Waals surface area (Å²) in [5, 5.41) is 3.02. The van der Waals surface area contributed by atoms with Crippen molar-refractivity contribution >= 4 is 16.0 Å². The highest BCUT2D eigenvalue weighted by molar-refractivity contribution is 7.89. The van der Waals surface area contributed by atoms with Crippen LogP contribution in [-0.4, -0.2) is 42.3 Å². The van der Waals surface area contributed by atoms with Gasteiger partial charge in [-0.15, -0.1) is 0 Å². The molecule has 0 aromatic carbocycles. The number of rotatable bonds is 5. The van der Waals surface area contributed by atoms with Crippen LogP contribution in [0.2, 0.25) is 0 Å². The third kappa shape index (κ3) is 3.22. The fourth-order valence-corrected chi connectivity index (χ4v) is 3.51. The quantitative estimate of drug-likeness (QED) is 0.883. The lowest BCUT2D eigenvalue weighted by atomic mass is 10.2. The molecule has 2 heterocycles. The largest absolute Gasteiger partial charge is 0.354 e. The molecule has 7 heteroatoms. The summed E-state index contributed by atoms with van der Waals surface area (Å²) < 4.78 is 26.2. The Balaban J connectivity index is 2.12. The summed E-state index contributed by atoms with van der Waals surface area (Å²) in [4.78, 5) is 8.26. The highest BCUT2D eigenvalue weighted by Crippen LogP contribution is 2.23. The maximum absolute atomic E-state index is 12.3. The molecule has 1 aliphatic heterocycles. The summed E-state index contributed by atoms with van der Waals surface area (Å²) in [6, 6.07) is 0. The summed E-state index contributed by atoms with van der Waals surface area (Å²) in [7, 11) is -3.43. The normalized spacial score (nSPS) is 20.6. The van der Waals surface area contributed by atoms with Crippen molar-refractivity contribution < 1.29 is 8.42 Å². The van der Waals surface area contributed by atoms with Crippen molar-refractivity contribution in [3.8, 4) is 0 Å². The SMILES string of the molecule is CCCNc1ncc(S(=O)(=O)N2CCC(C)C2)cn1. The molecule has 2 rings (SSSR count). The van der Waals surface area contributed by atoms with E-state index in [-0.39, 0.29) is 4.90 Å². The Labute approximate surface area is 114 Å². The Bertz CT molecular complexity index is 515. The summed E-state index contributed by atoms with van der Waals surface area (Å²) in [6.45, 7) is 6.04. The van der Waals surface area contributed by atoms with E-state index in [2.05, 4.69) is 22.2 Å². The Morgan fingerprint density at radius 3 is 2.63 bits per heavy atom. The summed E-state index contributed by atoms with van der Waals surface area (Å²) in [6.07, 6.45) is 4.64. The van der Waals surface area contributed by atoms with Gasteiger partial charge in [0, 0.05) is 19.6 Å². The van der Waals surface area contributed by atoms with Crippen LogP contribution >= 0.6 is 0 Å². The van der Waals surface area contributed by atoms with Crippen LogP contribution in [0.5, 0.6) is 0 Å². The lowest BCUT2D eigenvalue weighted by Crippen LogP contribution is -2.28. The van der Waals surface area contributed by atoms with Gasteiger partial charge in [0.15, 0.2) is 0 Å². The third-order valence-corrected chi connectivity index (χ3v) is 5.00. The van der Waals surface area contributed by atoms with Gasteiger partial charge in [0.25, 0.3) is 0 Å². The molecule has 0 saturated carbocycles. The van der Waals surface area contributed by atoms with E-state index in [9.17, 15) is 8.42 Å². The maximum Gasteiger partial charge on any atom is 0.246 e. The van der Waals surface area contributed by atoms with Gasteiger partial charge in [-0.3, -0.25) is 0 Å². The lowest BCUT2D eigenvalue weighted by Gasteiger charge is -2.15. The van der Waals surface area contributed by atoms with Gasteiger partial charge in [0.05, 0.1) is 12.4 Å². The van der Waals surface area contributed by atoms with Crippen LogP contribution in [0.15, 0.2) is 17.3 Å². The molecule has 0 spiro atoms. The first kappa shape index (κ1) is 14.2. The predicted molar refractivity (Wildman–Crippen MR) is 73.4 cm³/mol. The van der Waals surface area contributed by atoms with Gasteiger partial charge >= 0.3 is 0 Å². The monoisotopic (exact) mass is 284 g/mol. The van der Waals surface area contributed by atoms with E-state index in [0.717, 1.165) is 19.4 Å². The van der Waals surface area contributed by atoms with Crippen molar-refractivity contribution in [2.45, 2.75) is 31.6 Å². The van der Waals surface area contributed by atoms with E-state index in [4.69, 9.17) is 0 Å². The van der Waals surface area contributed by atoms with Gasteiger partial charge in [0.2, 0.25) is 16.0 Å². The number of hydrogen-bond acceptors (Lipinski definition) is 5. The zero-order chi connectivity index (χ0) is 13.9. The summed E-state index contributed by atoms with van der Waals surface area (Å²) >= 11 is 0. The third-order valence-electron chi connectivity index (χ3n) is 3.19. The minimum absolute atomic E-state index is 0.170. The smallest absolute Gasteiger partial charge is 0.246 e. The van der Waals surface area contributed by atoms with Crippen molar-refractivity contribution in [1.82, 2.24) is 14.3 Å². The number of nitrogens with zero attached hydrogens (tertiary/aromatic N) is 3. The van der Waals surface area contributed by atoms with E-state index < -0.39 is 10.0 Å². The predicted octanol–water partition coefficient (Wildman–Crippen LogP) is 1.33. The second-order valence-corrected chi connectivity index (χ2v) is 6.86. The Kier molecular flexibility index (Phi) is 4.36. The molecule has 1 aliphatic rings. The molecular formula is C12H20N4O2S. The molecule has 19 heavy (non-hydrogen) atoms. The van der Waals surface area contributed by atoms with Crippen LogP contribution in [0.25, 0.3) is 0 Å². The maximum atomic E-state index is 12.3. The van der Waals surface area contributed by atoms with Crippen molar-refractivity contribution in [3.05, 3.63) is 12.4 Å². The number of hydrogen-bond donors (Lipinski definition) is 1. The molecule has 1 unspecified atom stereocenters. The molecule has 0 aliphatic carbocycles. The second kappa shape index (κ2) is 5.83. The topological polar surface area (TPSA) is 75.2 Å². The highest BCUT2D eigenvalue weighted by Gasteiger charge is 2.31. The van der Waals surface area contributed by atoms with Crippen molar-refractivity contribution in [3.63, 3.8) is 0 Å². The van der Waals surface area contributed by atoms with E-state index in [1.807, 2.05) is 6.92 Å². The van der Waals surface area contributed by atoms with Crippen LogP contribution in [-0.2, 0) is 10.0 Å². The first-order chi connectivity index (χ1) is 9.04. The van der Waals surface area contributed by atoms with Gasteiger partial charge in [-0.1, -0.05) is 13.8 Å². The van der Waals surface area contributed by atoms with Gasteiger partial charge in [-0.05, 0) is 18.8 Å². The second-order valence-electron chi connectivity index (χ2n) is 4.93. The fourth-order valence-electron chi connectivity index (χ4n) is 2.04. The van der Waals surface area contributed by atoms with Crippen LogP contribution in [0, 0.1) is 5.92 Å². The zero-order valence-electron chi connectivity index (χ0n) is 11.3. The van der Waals surface area contributed by atoms with E-state index in [1.54, 1.807) is 0 Å². The average Bonchev–Trinajstić information content (AvgIpc) is 2.84. The van der Waals surface area contributed by atoms with Crippen LogP contribution in [0.3, 0.4) is 0 Å². The minimum Gasteiger partial charge on any atom is -0.354 e. The molecule has 0 bridgehead atoms. The van der Waals surface area contributed by atoms with E-state index in [1.165, 1.54) is 16.7 Å². The number of anilines is 1. The fraction of sp³-hybridized carbons (Fsp3) is 0.667. The molecule has 1 aromatic rings. The van der Waals surface area contributed by atoms with Gasteiger partial charge < -0.3 is 5.32 Å². The van der Waals surface area contributed by atoms with Crippen molar-refractivity contribution in [2.75, 3.05) is 25.0 Å². The first-order valence-electron chi connectivity index (χ1n) is 6.60. The van der Waals surface area contributed by atoms with Crippen molar-refractivity contribution in [1.29, 1.82) is 0 Å². The number of sulfonamides is 1. The molecular weight excluding hydrogens is 264 g/mol. The Morgan fingerprint density at radius 1 is 1.42 bits per heavy atom. The van der Waals surface area contributed by atoms with Gasteiger partial charge in [-0.25, -0.2) is 18.4 Å². The Morgan fingerprint density at radius 2 is 2.11 bits per heavy atom. The van der Waals surface area contributed by atoms with E-state index in [0.29, 0.717) is 25.0 Å². The molecule has 0 radical (unpaired) electrons. The Hall–Kier alpha value is -1.21. The molecule has 0 amide bonds. The number of aromatic nitrogens is 2. The van der Waals surface area contributed by atoms with Crippen LogP contribution in [0.4, 0.5) is 5.95 Å². The molecule has 106 valence electrons. The molecule has 1 aromatic heterocycles. The van der Waals surface area contributed by atoms with Crippen molar-refractivity contribution in [2.24, 2.45) is 5.92 Å². The lowest BCUT2D eigenvalue weighted by molar-refractivity contribution is 0.464. The minimum atomic E-state index is -3.43. The molecule has 1 fully saturated rings. The summed E-state index contributed by atoms with van der Waals surface area (Å²) in [5.41, 5.74) is 0. The first-order valence-corrected chi connectivity index (χ1v) is 8.04. The van der Waals surface area contributed by atoms with E-state index >= 15 is 0 Å². The number of nitrogens with one attached hydrogen (secondary N) is 1. The zero-order valence-corrected chi connectivity index (χ0v) is 12.2. The highest BCUT2D eigenvalue weighted by atomic mass is 32.2. The summed E-state index contributed by atoms with van der Waals surface area (Å²) in [5.74, 6) is 0.886. The average molecular weight is 284 g/mol. The molecule has 1 atom stereocenters. The van der Waals surface area contributed by atoms with Gasteiger partial charge in [-0.2, -0.15) is 4.31 Å². The van der Waals surface area contributed by atoms with Crippen LogP contribution in [0.1, 0.15) is 26.7 Å². The molecule has 1 N–H and O–H groups in total.